The predicted octanol–water partition coefficient (Wildman–Crippen LogP) is 4.34. The van der Waals surface area contributed by atoms with Gasteiger partial charge < -0.3 is 10.1 Å². The summed E-state index contributed by atoms with van der Waals surface area (Å²) in [5.41, 5.74) is 3.94. The summed E-state index contributed by atoms with van der Waals surface area (Å²) >= 11 is 0. The van der Waals surface area contributed by atoms with Gasteiger partial charge in [0, 0.05) is 37.0 Å². The van der Waals surface area contributed by atoms with Crippen LogP contribution in [-0.2, 0) is 22.9 Å². The summed E-state index contributed by atoms with van der Waals surface area (Å²) in [6, 6.07) is 17.1. The Morgan fingerprint density at radius 3 is 2.49 bits per heavy atom. The summed E-state index contributed by atoms with van der Waals surface area (Å²) in [5, 5.41) is 16.1. The lowest BCUT2D eigenvalue weighted by atomic mass is 9.90. The molecular weight excluding hydrogens is 519 g/mol. The minimum absolute atomic E-state index is 0.00317. The van der Waals surface area contributed by atoms with Crippen LogP contribution in [0.4, 0.5) is 4.39 Å². The molecule has 11 heteroatoms. The van der Waals surface area contributed by atoms with Crippen LogP contribution in [0, 0.1) is 5.82 Å². The van der Waals surface area contributed by atoms with E-state index in [1.54, 1.807) is 30.5 Å². The topological polar surface area (TPSA) is 117 Å². The molecule has 39 heavy (non-hydrogen) atoms. The first kappa shape index (κ1) is 25.2. The number of sulfonamides is 1. The third kappa shape index (κ3) is 4.90. The second kappa shape index (κ2) is 10.2. The van der Waals surface area contributed by atoms with Gasteiger partial charge >= 0.3 is 0 Å². The molecule has 0 bridgehead atoms. The molecule has 0 amide bonds. The number of imidazole rings is 1. The number of fused-ring (bicyclic) bond motifs is 1. The van der Waals surface area contributed by atoms with E-state index in [1.807, 2.05) is 24.3 Å². The number of benzene rings is 2. The maximum atomic E-state index is 13.4. The van der Waals surface area contributed by atoms with Gasteiger partial charge in [-0.05, 0) is 67.6 Å². The first-order chi connectivity index (χ1) is 18.9. The molecule has 0 unspecified atom stereocenters. The zero-order valence-electron chi connectivity index (χ0n) is 21.0. The van der Waals surface area contributed by atoms with E-state index in [2.05, 4.69) is 15.0 Å². The number of halogens is 1. The van der Waals surface area contributed by atoms with Crippen LogP contribution in [0.15, 0.2) is 78.0 Å². The first-order valence-corrected chi connectivity index (χ1v) is 14.2. The van der Waals surface area contributed by atoms with Crippen molar-refractivity contribution in [3.63, 3.8) is 0 Å². The van der Waals surface area contributed by atoms with E-state index in [9.17, 15) is 17.9 Å². The van der Waals surface area contributed by atoms with Gasteiger partial charge in [0.05, 0.1) is 16.7 Å². The van der Waals surface area contributed by atoms with Crippen LogP contribution < -0.4 is 0 Å². The van der Waals surface area contributed by atoms with Gasteiger partial charge in [-0.3, -0.25) is 4.98 Å². The molecule has 0 radical (unpaired) electrons. The number of aryl methyl sites for hydroxylation is 1. The number of piperidine rings is 1. The summed E-state index contributed by atoms with van der Waals surface area (Å²) in [6.45, 7) is 0.662. The van der Waals surface area contributed by atoms with Crippen molar-refractivity contribution in [1.82, 2.24) is 29.0 Å². The Balaban J connectivity index is 1.30. The maximum absolute atomic E-state index is 13.4. The quantitative estimate of drug-likeness (QED) is 0.314. The van der Waals surface area contributed by atoms with Crippen LogP contribution in [0.3, 0.4) is 0 Å². The van der Waals surface area contributed by atoms with E-state index in [4.69, 9.17) is 5.10 Å². The van der Waals surface area contributed by atoms with Gasteiger partial charge in [-0.15, -0.1) is 0 Å². The summed E-state index contributed by atoms with van der Waals surface area (Å²) < 4.78 is 42.5. The smallest absolute Gasteiger partial charge is 0.244 e. The van der Waals surface area contributed by atoms with Crippen molar-refractivity contribution in [2.24, 2.45) is 0 Å². The molecule has 2 aromatic carbocycles. The van der Waals surface area contributed by atoms with Crippen LogP contribution in [0.2, 0.25) is 0 Å². The molecule has 9 nitrogen and oxygen atoms in total. The Labute approximate surface area is 225 Å². The van der Waals surface area contributed by atoms with E-state index < -0.39 is 10.0 Å². The molecule has 1 fully saturated rings. The third-order valence-electron chi connectivity index (χ3n) is 7.25. The largest absolute Gasteiger partial charge is 0.493 e. The normalized spacial score (nSPS) is 15.2. The van der Waals surface area contributed by atoms with E-state index >= 15 is 0 Å². The number of H-pyrrole nitrogens is 1. The molecule has 1 aliphatic heterocycles. The van der Waals surface area contributed by atoms with Crippen LogP contribution in [0.25, 0.3) is 17.0 Å². The van der Waals surface area contributed by atoms with E-state index in [0.29, 0.717) is 50.3 Å². The maximum Gasteiger partial charge on any atom is 0.244 e. The van der Waals surface area contributed by atoms with Crippen molar-refractivity contribution >= 4 is 21.1 Å². The van der Waals surface area contributed by atoms with Crippen LogP contribution in [-0.4, -0.2) is 55.7 Å². The number of nitrogens with one attached hydrogen (secondary N) is 1. The van der Waals surface area contributed by atoms with Gasteiger partial charge in [-0.2, -0.15) is 14.1 Å². The molecule has 0 aliphatic carbocycles. The number of hydrogen-bond acceptors (Lipinski definition) is 6. The molecule has 0 spiro atoms. The summed E-state index contributed by atoms with van der Waals surface area (Å²) in [6.07, 6.45) is 5.09. The standard InChI is InChI=1S/C28H27FN6O3S/c29-21-10-7-19(8-11-21)9-12-23-26(33-35(27(23)36)28-31-24-5-1-2-6-25(24)32-28)20-13-16-34(17-14-20)39(37,38)22-4-3-15-30-18-22/h1-8,10-11,15,18,20,36H,9,12-14,16-17H2,(H,31,32). The Morgan fingerprint density at radius 1 is 1.00 bits per heavy atom. The number of rotatable bonds is 7. The molecule has 2 N–H and O–H groups in total. The van der Waals surface area contributed by atoms with E-state index in [0.717, 1.165) is 22.3 Å². The van der Waals surface area contributed by atoms with Crippen LogP contribution in [0.5, 0.6) is 5.88 Å². The highest BCUT2D eigenvalue weighted by Gasteiger charge is 2.33. The summed E-state index contributed by atoms with van der Waals surface area (Å²) in [7, 11) is -3.64. The molecular formula is C28H27FN6O3S. The minimum atomic E-state index is -3.64. The monoisotopic (exact) mass is 546 g/mol. The lowest BCUT2D eigenvalue weighted by Gasteiger charge is -2.30. The molecule has 6 rings (SSSR count). The Kier molecular flexibility index (Phi) is 6.61. The molecule has 1 aliphatic rings. The zero-order chi connectivity index (χ0) is 27.0. The zero-order valence-corrected chi connectivity index (χ0v) is 21.9. The summed E-state index contributed by atoms with van der Waals surface area (Å²) in [5.74, 6) is 0.0502. The fraction of sp³-hybridized carbons (Fsp3) is 0.250. The van der Waals surface area contributed by atoms with Crippen molar-refractivity contribution in [2.75, 3.05) is 13.1 Å². The Hall–Kier alpha value is -4.09. The van der Waals surface area contributed by atoms with Gasteiger partial charge in [-0.1, -0.05) is 24.3 Å². The highest BCUT2D eigenvalue weighted by atomic mass is 32.2. The summed E-state index contributed by atoms with van der Waals surface area (Å²) in [4.78, 5) is 11.9. The fourth-order valence-electron chi connectivity index (χ4n) is 5.15. The van der Waals surface area contributed by atoms with Crippen molar-refractivity contribution < 1.29 is 17.9 Å². The Morgan fingerprint density at radius 2 is 1.77 bits per heavy atom. The second-order valence-corrected chi connectivity index (χ2v) is 11.6. The number of aromatic hydroxyl groups is 1. The highest BCUT2D eigenvalue weighted by molar-refractivity contribution is 7.89. The molecule has 3 aromatic heterocycles. The number of aromatic amines is 1. The highest BCUT2D eigenvalue weighted by Crippen LogP contribution is 2.36. The predicted molar refractivity (Wildman–Crippen MR) is 144 cm³/mol. The second-order valence-electron chi connectivity index (χ2n) is 9.67. The molecule has 4 heterocycles. The Bertz CT molecular complexity index is 1680. The van der Waals surface area contributed by atoms with Crippen LogP contribution >= 0.6 is 0 Å². The van der Waals surface area contributed by atoms with Gasteiger partial charge in [0.2, 0.25) is 21.9 Å². The van der Waals surface area contributed by atoms with Crippen LogP contribution in [0.1, 0.15) is 35.6 Å². The third-order valence-corrected chi connectivity index (χ3v) is 9.14. The van der Waals surface area contributed by atoms with Gasteiger partial charge in [0.25, 0.3) is 0 Å². The van der Waals surface area contributed by atoms with Crippen molar-refractivity contribution in [3.05, 3.63) is 95.7 Å². The molecule has 1 saturated heterocycles. The lowest BCUT2D eigenvalue weighted by molar-refractivity contribution is 0.315. The number of pyridine rings is 1. The number of para-hydroxylation sites is 2. The van der Waals surface area contributed by atoms with Crippen molar-refractivity contribution in [3.8, 4) is 11.8 Å². The molecule has 200 valence electrons. The first-order valence-electron chi connectivity index (χ1n) is 12.8. The van der Waals surface area contributed by atoms with Crippen molar-refractivity contribution in [1.29, 1.82) is 0 Å². The van der Waals surface area contributed by atoms with E-state index in [1.165, 1.54) is 27.3 Å². The number of hydrogen-bond donors (Lipinski definition) is 2. The van der Waals surface area contributed by atoms with Gasteiger partial charge in [0.15, 0.2) is 0 Å². The van der Waals surface area contributed by atoms with Gasteiger partial charge in [-0.25, -0.2) is 17.8 Å². The minimum Gasteiger partial charge on any atom is -0.493 e. The molecule has 0 saturated carbocycles. The lowest BCUT2D eigenvalue weighted by Crippen LogP contribution is -2.38. The van der Waals surface area contributed by atoms with Gasteiger partial charge in [0.1, 0.15) is 10.7 Å². The SMILES string of the molecule is O=S(=O)(c1cccnc1)N1CCC(c2nn(-c3nc4ccccc4[nH]3)c(O)c2CCc2ccc(F)cc2)CC1. The van der Waals surface area contributed by atoms with Crippen molar-refractivity contribution in [2.45, 2.75) is 36.5 Å². The average Bonchev–Trinajstić information content (AvgIpc) is 3.54. The number of nitrogens with zero attached hydrogens (tertiary/aromatic N) is 5. The molecule has 0 atom stereocenters. The number of aromatic nitrogens is 5. The van der Waals surface area contributed by atoms with E-state index in [-0.39, 0.29) is 22.5 Å². The average molecular weight is 547 g/mol. The molecule has 5 aromatic rings. The fourth-order valence-corrected chi connectivity index (χ4v) is 6.59.